The number of halogens is 1. The van der Waals surface area contributed by atoms with Crippen LogP contribution in [0.3, 0.4) is 0 Å². The maximum atomic E-state index is 12.4. The fourth-order valence-electron chi connectivity index (χ4n) is 2.96. The number of benzene rings is 2. The highest BCUT2D eigenvalue weighted by Gasteiger charge is 2.17. The summed E-state index contributed by atoms with van der Waals surface area (Å²) >= 11 is 5.87. The molecule has 0 bridgehead atoms. The first-order chi connectivity index (χ1) is 13.9. The summed E-state index contributed by atoms with van der Waals surface area (Å²) in [6.07, 6.45) is -0.106. The molecule has 3 aromatic rings. The van der Waals surface area contributed by atoms with E-state index in [1.165, 1.54) is 0 Å². The van der Waals surface area contributed by atoms with Crippen LogP contribution < -0.4 is 10.9 Å². The lowest BCUT2D eigenvalue weighted by Gasteiger charge is -2.16. The van der Waals surface area contributed by atoms with Gasteiger partial charge >= 0.3 is 5.97 Å². The molecule has 9 heteroatoms. The van der Waals surface area contributed by atoms with Gasteiger partial charge in [-0.15, -0.1) is 5.10 Å². The quantitative estimate of drug-likeness (QED) is 0.584. The third-order valence-corrected chi connectivity index (χ3v) is 4.74. The van der Waals surface area contributed by atoms with Gasteiger partial charge in [-0.2, -0.15) is 0 Å². The predicted octanol–water partition coefficient (Wildman–Crippen LogP) is 2.21. The summed E-state index contributed by atoms with van der Waals surface area (Å²) in [5.74, 6) is -1.66. The predicted molar refractivity (Wildman–Crippen MR) is 108 cm³/mol. The molecule has 3 rings (SSSR count). The number of rotatable bonds is 8. The number of carbonyl (C=O) groups excluding carboxylic acids is 1. The van der Waals surface area contributed by atoms with Gasteiger partial charge in [-0.1, -0.05) is 41.1 Å². The van der Waals surface area contributed by atoms with Crippen LogP contribution in [0.1, 0.15) is 24.3 Å². The van der Waals surface area contributed by atoms with E-state index in [-0.39, 0.29) is 37.4 Å². The number of aromatic nitrogens is 3. The molecular formula is C20H19ClN4O4. The Kier molecular flexibility index (Phi) is 6.56. The molecule has 1 amide bonds. The smallest absolute Gasteiger partial charge is 0.304 e. The van der Waals surface area contributed by atoms with E-state index in [9.17, 15) is 14.4 Å². The first-order valence-electron chi connectivity index (χ1n) is 9.00. The summed E-state index contributed by atoms with van der Waals surface area (Å²) in [6, 6.07) is 13.7. The Morgan fingerprint density at radius 3 is 2.59 bits per heavy atom. The molecule has 0 aliphatic rings. The molecule has 0 spiro atoms. The van der Waals surface area contributed by atoms with E-state index in [1.54, 1.807) is 48.5 Å². The van der Waals surface area contributed by atoms with Crippen molar-refractivity contribution in [2.75, 3.05) is 6.54 Å². The van der Waals surface area contributed by atoms with Gasteiger partial charge in [0.2, 0.25) is 5.91 Å². The Bertz CT molecular complexity index is 1080. The normalized spacial score (nSPS) is 11.9. The molecule has 0 radical (unpaired) electrons. The highest BCUT2D eigenvalue weighted by atomic mass is 35.5. The molecule has 150 valence electrons. The van der Waals surface area contributed by atoms with Crippen LogP contribution in [0, 0.1) is 0 Å². The lowest BCUT2D eigenvalue weighted by Crippen LogP contribution is -2.32. The third kappa shape index (κ3) is 5.39. The van der Waals surface area contributed by atoms with E-state index in [1.807, 2.05) is 0 Å². The van der Waals surface area contributed by atoms with Crippen LogP contribution >= 0.6 is 11.6 Å². The Morgan fingerprint density at radius 2 is 1.86 bits per heavy atom. The highest BCUT2D eigenvalue weighted by Crippen LogP contribution is 2.21. The Morgan fingerprint density at radius 1 is 1.14 bits per heavy atom. The summed E-state index contributed by atoms with van der Waals surface area (Å²) in [4.78, 5) is 35.8. The van der Waals surface area contributed by atoms with Crippen molar-refractivity contribution < 1.29 is 14.7 Å². The molecule has 2 N–H and O–H groups in total. The Balaban J connectivity index is 1.61. The number of hydrogen-bond donors (Lipinski definition) is 2. The number of fused-ring (bicyclic) bond motifs is 1. The number of amides is 1. The number of hydrogen-bond acceptors (Lipinski definition) is 5. The maximum absolute atomic E-state index is 12.4. The van der Waals surface area contributed by atoms with Crippen LogP contribution in [0.4, 0.5) is 0 Å². The third-order valence-electron chi connectivity index (χ3n) is 4.49. The van der Waals surface area contributed by atoms with Crippen molar-refractivity contribution in [1.82, 2.24) is 20.3 Å². The van der Waals surface area contributed by atoms with Crippen LogP contribution in [0.15, 0.2) is 53.3 Å². The summed E-state index contributed by atoms with van der Waals surface area (Å²) in [6.45, 7) is 0.234. The van der Waals surface area contributed by atoms with E-state index >= 15 is 0 Å². The molecule has 0 fully saturated rings. The fraction of sp³-hybridized carbons (Fsp3) is 0.250. The number of aryl methyl sites for hydroxylation is 1. The molecule has 1 aromatic heterocycles. The lowest BCUT2D eigenvalue weighted by molar-refractivity contribution is -0.137. The molecule has 1 atom stereocenters. The zero-order valence-electron chi connectivity index (χ0n) is 15.4. The van der Waals surface area contributed by atoms with E-state index in [0.717, 1.165) is 10.2 Å². The van der Waals surface area contributed by atoms with Gasteiger partial charge in [0.15, 0.2) is 0 Å². The van der Waals surface area contributed by atoms with Crippen molar-refractivity contribution in [1.29, 1.82) is 0 Å². The molecule has 0 saturated carbocycles. The first-order valence-corrected chi connectivity index (χ1v) is 9.38. The van der Waals surface area contributed by atoms with Crippen LogP contribution in [0.5, 0.6) is 0 Å². The zero-order chi connectivity index (χ0) is 20.8. The second-order valence-corrected chi connectivity index (χ2v) is 6.97. The summed E-state index contributed by atoms with van der Waals surface area (Å²) in [7, 11) is 0. The largest absolute Gasteiger partial charge is 0.481 e. The minimum atomic E-state index is -0.961. The average Bonchev–Trinajstić information content (AvgIpc) is 2.71. The number of carboxylic acids is 1. The monoisotopic (exact) mass is 414 g/mol. The van der Waals surface area contributed by atoms with Crippen LogP contribution in [-0.2, 0) is 16.1 Å². The van der Waals surface area contributed by atoms with Gasteiger partial charge < -0.3 is 10.4 Å². The summed E-state index contributed by atoms with van der Waals surface area (Å²) in [5.41, 5.74) is 0.958. The molecule has 0 saturated heterocycles. The van der Waals surface area contributed by atoms with Crippen LogP contribution in [0.2, 0.25) is 5.02 Å². The van der Waals surface area contributed by atoms with E-state index in [2.05, 4.69) is 15.6 Å². The van der Waals surface area contributed by atoms with Crippen molar-refractivity contribution >= 4 is 34.4 Å². The van der Waals surface area contributed by atoms with E-state index < -0.39 is 11.9 Å². The topological polar surface area (TPSA) is 114 Å². The van der Waals surface area contributed by atoms with Gasteiger partial charge in [0.25, 0.3) is 5.56 Å². The van der Waals surface area contributed by atoms with E-state index in [0.29, 0.717) is 15.9 Å². The zero-order valence-corrected chi connectivity index (χ0v) is 16.2. The second-order valence-electron chi connectivity index (χ2n) is 6.54. The second kappa shape index (κ2) is 9.29. The van der Waals surface area contributed by atoms with Crippen molar-refractivity contribution in [3.8, 4) is 0 Å². The average molecular weight is 415 g/mol. The van der Waals surface area contributed by atoms with Crippen molar-refractivity contribution in [2.24, 2.45) is 0 Å². The van der Waals surface area contributed by atoms with Gasteiger partial charge in [-0.3, -0.25) is 14.4 Å². The molecule has 8 nitrogen and oxygen atoms in total. The highest BCUT2D eigenvalue weighted by molar-refractivity contribution is 6.30. The van der Waals surface area contributed by atoms with Crippen molar-refractivity contribution in [3.05, 3.63) is 69.5 Å². The SMILES string of the molecule is O=C(O)CC(CNC(=O)CCn1nnc2ccccc2c1=O)c1ccc(Cl)cc1. The standard InChI is InChI=1S/C20H19ClN4O4/c21-15-7-5-13(6-8-15)14(11-19(27)28)12-22-18(26)9-10-25-20(29)16-3-1-2-4-17(16)23-24-25/h1-8,14H,9-12H2,(H,22,26)(H,27,28). The number of carboxylic acid groups (broad SMARTS) is 1. The number of aliphatic carboxylic acids is 1. The van der Waals surface area contributed by atoms with Gasteiger partial charge in [-0.05, 0) is 29.8 Å². The van der Waals surface area contributed by atoms with E-state index in [4.69, 9.17) is 16.7 Å². The summed E-state index contributed by atoms with van der Waals surface area (Å²) in [5, 5.41) is 20.7. The maximum Gasteiger partial charge on any atom is 0.304 e. The molecule has 1 unspecified atom stereocenters. The number of nitrogens with zero attached hydrogens (tertiary/aromatic N) is 3. The molecule has 29 heavy (non-hydrogen) atoms. The molecule has 0 aliphatic heterocycles. The number of carbonyl (C=O) groups is 2. The Hall–Kier alpha value is -3.26. The van der Waals surface area contributed by atoms with Crippen molar-refractivity contribution in [3.63, 3.8) is 0 Å². The molecule has 1 heterocycles. The first kappa shape index (κ1) is 20.5. The molecule has 0 aliphatic carbocycles. The molecule has 2 aromatic carbocycles. The summed E-state index contributed by atoms with van der Waals surface area (Å²) < 4.78 is 1.15. The van der Waals surface area contributed by atoms with Gasteiger partial charge in [0.05, 0.1) is 18.4 Å². The van der Waals surface area contributed by atoms with Crippen molar-refractivity contribution in [2.45, 2.75) is 25.3 Å². The fourth-order valence-corrected chi connectivity index (χ4v) is 3.08. The van der Waals surface area contributed by atoms with Crippen LogP contribution in [0.25, 0.3) is 10.9 Å². The Labute approximate surface area is 171 Å². The van der Waals surface area contributed by atoms with Crippen LogP contribution in [-0.4, -0.2) is 38.5 Å². The van der Waals surface area contributed by atoms with Gasteiger partial charge in [-0.25, -0.2) is 4.68 Å². The van der Waals surface area contributed by atoms with Gasteiger partial charge in [0.1, 0.15) is 5.52 Å². The molecular weight excluding hydrogens is 396 g/mol. The number of nitrogens with one attached hydrogen (secondary N) is 1. The minimum Gasteiger partial charge on any atom is -0.481 e. The minimum absolute atomic E-state index is 0.0212. The lowest BCUT2D eigenvalue weighted by atomic mass is 9.95. The van der Waals surface area contributed by atoms with Gasteiger partial charge in [0, 0.05) is 23.9 Å².